The predicted molar refractivity (Wildman–Crippen MR) is 157 cm³/mol. The van der Waals surface area contributed by atoms with Gasteiger partial charge in [-0.25, -0.2) is 0 Å². The molecule has 0 aromatic heterocycles. The highest BCUT2D eigenvalue weighted by Gasteiger charge is 2.29. The van der Waals surface area contributed by atoms with Crippen LogP contribution in [-0.4, -0.2) is 34.7 Å². The zero-order chi connectivity index (χ0) is 29.8. The Kier molecular flexibility index (Phi) is 12.8. The fourth-order valence-corrected chi connectivity index (χ4v) is 4.55. The fourth-order valence-electron chi connectivity index (χ4n) is 4.55. The molecule has 0 N–H and O–H groups in total. The number of Topliss-reactive ketones (excluding diaryl/α,β-unsaturated/α-hetero) is 2. The van der Waals surface area contributed by atoms with E-state index in [4.69, 9.17) is 9.47 Å². The average Bonchev–Trinajstić information content (AvgIpc) is 2.88. The number of hydrogen-bond donors (Lipinski definition) is 0. The minimum atomic E-state index is -0.779. The van der Waals surface area contributed by atoms with Crippen LogP contribution < -0.4 is 0 Å². The van der Waals surface area contributed by atoms with E-state index >= 15 is 0 Å². The van der Waals surface area contributed by atoms with Crippen LogP contribution in [0, 0.1) is 11.8 Å². The molecule has 218 valence electrons. The van der Waals surface area contributed by atoms with Gasteiger partial charge in [-0.2, -0.15) is 0 Å². The van der Waals surface area contributed by atoms with Crippen molar-refractivity contribution in [3.05, 3.63) is 71.8 Å². The Morgan fingerprint density at radius 1 is 0.600 bits per heavy atom. The number of hydrogen-bond acceptors (Lipinski definition) is 6. The van der Waals surface area contributed by atoms with Gasteiger partial charge >= 0.3 is 11.9 Å². The molecule has 0 heterocycles. The van der Waals surface area contributed by atoms with Crippen LogP contribution >= 0.6 is 0 Å². The first-order chi connectivity index (χ1) is 18.8. The molecule has 0 aliphatic carbocycles. The summed E-state index contributed by atoms with van der Waals surface area (Å²) >= 11 is 0. The number of ketones is 2. The summed E-state index contributed by atoms with van der Waals surface area (Å²) in [6, 6.07) is 17.8. The lowest BCUT2D eigenvalue weighted by atomic mass is 9.85. The van der Waals surface area contributed by atoms with Crippen molar-refractivity contribution in [3.8, 4) is 0 Å². The largest absolute Gasteiger partial charge is 0.460 e. The second-order valence-corrected chi connectivity index (χ2v) is 12.4. The summed E-state index contributed by atoms with van der Waals surface area (Å²) in [6.45, 7) is 11.1. The van der Waals surface area contributed by atoms with E-state index in [0.717, 1.165) is 0 Å². The fraction of sp³-hybridized carbons (Fsp3) is 0.529. The van der Waals surface area contributed by atoms with Gasteiger partial charge in [0.15, 0.2) is 11.6 Å². The Morgan fingerprint density at radius 3 is 1.48 bits per heavy atom. The summed E-state index contributed by atoms with van der Waals surface area (Å²) in [7, 11) is 0. The number of benzene rings is 2. The van der Waals surface area contributed by atoms with Crippen LogP contribution in [0.1, 0.15) is 114 Å². The zero-order valence-corrected chi connectivity index (χ0v) is 25.0. The number of ether oxygens (including phenoxy) is 2. The quantitative estimate of drug-likeness (QED) is 0.0973. The van der Waals surface area contributed by atoms with Crippen LogP contribution in [0.3, 0.4) is 0 Å². The third-order valence-electron chi connectivity index (χ3n) is 6.39. The van der Waals surface area contributed by atoms with Crippen molar-refractivity contribution in [3.63, 3.8) is 0 Å². The van der Waals surface area contributed by atoms with Crippen molar-refractivity contribution < 1.29 is 28.7 Å². The van der Waals surface area contributed by atoms with E-state index in [2.05, 4.69) is 0 Å². The lowest BCUT2D eigenvalue weighted by molar-refractivity contribution is -0.160. The van der Waals surface area contributed by atoms with Crippen molar-refractivity contribution in [2.75, 3.05) is 0 Å². The number of unbranched alkanes of at least 4 members (excludes halogenated alkanes) is 2. The molecule has 0 saturated heterocycles. The molecule has 0 radical (unpaired) electrons. The van der Waals surface area contributed by atoms with Crippen molar-refractivity contribution in [1.82, 2.24) is 0 Å². The van der Waals surface area contributed by atoms with Gasteiger partial charge in [0, 0.05) is 17.5 Å². The molecule has 0 fully saturated rings. The molecule has 0 aliphatic heterocycles. The van der Waals surface area contributed by atoms with Crippen molar-refractivity contribution >= 4 is 23.5 Å². The molecule has 40 heavy (non-hydrogen) atoms. The minimum absolute atomic E-state index is 0.180. The second kappa shape index (κ2) is 15.5. The van der Waals surface area contributed by atoms with Crippen LogP contribution in [0.15, 0.2) is 60.7 Å². The molecular weight excluding hydrogens is 504 g/mol. The lowest BCUT2D eigenvalue weighted by Crippen LogP contribution is -2.29. The Morgan fingerprint density at radius 2 is 1.02 bits per heavy atom. The average molecular weight is 551 g/mol. The van der Waals surface area contributed by atoms with Gasteiger partial charge in [-0.15, -0.1) is 0 Å². The molecule has 1 atom stereocenters. The molecule has 0 spiro atoms. The van der Waals surface area contributed by atoms with Crippen LogP contribution in [0.5, 0.6) is 0 Å². The maximum Gasteiger partial charge on any atom is 0.309 e. The number of esters is 2. The van der Waals surface area contributed by atoms with E-state index < -0.39 is 17.1 Å². The van der Waals surface area contributed by atoms with Crippen LogP contribution in [0.2, 0.25) is 0 Å². The van der Waals surface area contributed by atoms with Crippen molar-refractivity contribution in [2.45, 2.75) is 104 Å². The summed E-state index contributed by atoms with van der Waals surface area (Å²) < 4.78 is 11.1. The highest BCUT2D eigenvalue weighted by Crippen LogP contribution is 2.25. The standard InChI is InChI=1S/C34H46O6/c1-33(2,3)39-29(35)24-16-14-22-27(32(38)40-34(4,5)6)21-13-15-23-28(30(36)25-17-9-7-10-18-25)31(37)26-19-11-8-12-20-26/h7-12,17-20,27-28H,13-16,21-24H2,1-6H3. The summed E-state index contributed by atoms with van der Waals surface area (Å²) in [4.78, 5) is 51.7. The van der Waals surface area contributed by atoms with Gasteiger partial charge in [0.1, 0.15) is 11.2 Å². The number of rotatable bonds is 15. The Labute approximate surface area is 239 Å². The van der Waals surface area contributed by atoms with Gasteiger partial charge in [-0.1, -0.05) is 79.9 Å². The Bertz CT molecular complexity index is 1040. The highest BCUT2D eigenvalue weighted by atomic mass is 16.6. The summed E-state index contributed by atoms with van der Waals surface area (Å²) in [5.41, 5.74) is -0.0688. The Balaban J connectivity index is 2.01. The van der Waals surface area contributed by atoms with E-state index in [0.29, 0.717) is 62.5 Å². The monoisotopic (exact) mass is 550 g/mol. The van der Waals surface area contributed by atoms with Crippen LogP contribution in [0.4, 0.5) is 0 Å². The third-order valence-corrected chi connectivity index (χ3v) is 6.39. The molecule has 0 amide bonds. The topological polar surface area (TPSA) is 86.7 Å². The smallest absolute Gasteiger partial charge is 0.309 e. The van der Waals surface area contributed by atoms with Gasteiger partial charge in [0.25, 0.3) is 0 Å². The molecule has 2 rings (SSSR count). The third kappa shape index (κ3) is 12.3. The molecular formula is C34H46O6. The normalized spacial score (nSPS) is 12.6. The van der Waals surface area contributed by atoms with Crippen LogP contribution in [0.25, 0.3) is 0 Å². The molecule has 6 heteroatoms. The first kappa shape index (κ1) is 32.9. The highest BCUT2D eigenvalue weighted by molar-refractivity contribution is 6.16. The SMILES string of the molecule is CC(C)(C)OC(=O)CCCCC(CCCCC(C(=O)c1ccccc1)C(=O)c1ccccc1)C(=O)OC(C)(C)C. The zero-order valence-electron chi connectivity index (χ0n) is 25.0. The number of carbonyl (C=O) groups is 4. The maximum atomic E-state index is 13.3. The molecule has 2 aromatic rings. The van der Waals surface area contributed by atoms with Crippen molar-refractivity contribution in [2.24, 2.45) is 11.8 Å². The Hall–Kier alpha value is -3.28. The lowest BCUT2D eigenvalue weighted by Gasteiger charge is -2.24. The van der Waals surface area contributed by atoms with Gasteiger partial charge < -0.3 is 9.47 Å². The van der Waals surface area contributed by atoms with Gasteiger partial charge in [0.2, 0.25) is 0 Å². The minimum Gasteiger partial charge on any atom is -0.460 e. The first-order valence-corrected chi connectivity index (χ1v) is 14.4. The van der Waals surface area contributed by atoms with Gasteiger partial charge in [-0.3, -0.25) is 19.2 Å². The molecule has 1 unspecified atom stereocenters. The van der Waals surface area contributed by atoms with E-state index in [1.165, 1.54) is 0 Å². The molecule has 0 saturated carbocycles. The maximum absolute atomic E-state index is 13.3. The van der Waals surface area contributed by atoms with E-state index in [9.17, 15) is 19.2 Å². The summed E-state index contributed by atoms with van der Waals surface area (Å²) in [6.07, 6.45) is 4.54. The summed E-state index contributed by atoms with van der Waals surface area (Å²) in [5.74, 6) is -1.94. The number of carbonyl (C=O) groups excluding carboxylic acids is 4. The van der Waals surface area contributed by atoms with Crippen LogP contribution in [-0.2, 0) is 19.1 Å². The van der Waals surface area contributed by atoms with Crippen molar-refractivity contribution in [1.29, 1.82) is 0 Å². The first-order valence-electron chi connectivity index (χ1n) is 14.4. The van der Waals surface area contributed by atoms with Gasteiger partial charge in [-0.05, 0) is 67.2 Å². The van der Waals surface area contributed by atoms with Gasteiger partial charge in [0.05, 0.1) is 11.8 Å². The second-order valence-electron chi connectivity index (χ2n) is 12.4. The molecule has 2 aromatic carbocycles. The summed E-state index contributed by atoms with van der Waals surface area (Å²) in [5, 5.41) is 0. The van der Waals surface area contributed by atoms with E-state index in [1.54, 1.807) is 48.5 Å². The molecule has 6 nitrogen and oxygen atoms in total. The van der Waals surface area contributed by atoms with E-state index in [-0.39, 0.29) is 29.4 Å². The predicted octanol–water partition coefficient (Wildman–Crippen LogP) is 7.79. The molecule has 0 aliphatic rings. The van der Waals surface area contributed by atoms with E-state index in [1.807, 2.05) is 53.7 Å². The molecule has 0 bridgehead atoms.